The largest absolute Gasteiger partial charge is 0.756 e. The molecule has 0 aromatic heterocycles. The Bertz CT molecular complexity index is 956. The summed E-state index contributed by atoms with van der Waals surface area (Å²) in [6.45, 7) is 4.79. The van der Waals surface area contributed by atoms with Gasteiger partial charge in [0, 0.05) is 6.42 Å². The van der Waals surface area contributed by atoms with Crippen LogP contribution in [0.3, 0.4) is 0 Å². The molecular formula is C50H100NO7P. The normalized spacial score (nSPS) is 13.6. The van der Waals surface area contributed by atoms with Gasteiger partial charge in [0.05, 0.1) is 34.0 Å². The number of phosphoric acid groups is 1. The van der Waals surface area contributed by atoms with Gasteiger partial charge in [0.1, 0.15) is 19.8 Å². The zero-order valence-corrected chi connectivity index (χ0v) is 40.9. The highest BCUT2D eigenvalue weighted by molar-refractivity contribution is 7.45. The first-order valence-electron chi connectivity index (χ1n) is 25.5. The number of allylic oxidation sites excluding steroid dienone is 1. The lowest BCUT2D eigenvalue weighted by molar-refractivity contribution is -0.870. The van der Waals surface area contributed by atoms with Crippen LogP contribution in [0.5, 0.6) is 0 Å². The molecule has 0 saturated carbocycles. The van der Waals surface area contributed by atoms with Crippen molar-refractivity contribution in [1.29, 1.82) is 0 Å². The molecule has 352 valence electrons. The number of unbranched alkanes of at least 4 members (excludes halogenated alkanes) is 34. The number of ether oxygens (including phenoxy) is 2. The number of carbonyl (C=O) groups excluding carboxylic acids is 1. The van der Waals surface area contributed by atoms with Gasteiger partial charge in [-0.15, -0.1) is 0 Å². The molecule has 0 amide bonds. The van der Waals surface area contributed by atoms with Crippen LogP contribution < -0.4 is 4.89 Å². The molecule has 0 heterocycles. The lowest BCUT2D eigenvalue weighted by atomic mass is 10.0. The van der Waals surface area contributed by atoms with Crippen molar-refractivity contribution in [2.45, 2.75) is 258 Å². The van der Waals surface area contributed by atoms with E-state index in [4.69, 9.17) is 18.5 Å². The second-order valence-electron chi connectivity index (χ2n) is 18.6. The van der Waals surface area contributed by atoms with Gasteiger partial charge in [-0.2, -0.15) is 0 Å². The molecule has 1 unspecified atom stereocenters. The van der Waals surface area contributed by atoms with Crippen LogP contribution in [0.1, 0.15) is 251 Å². The fourth-order valence-corrected chi connectivity index (χ4v) is 8.18. The van der Waals surface area contributed by atoms with Gasteiger partial charge in [-0.3, -0.25) is 9.36 Å². The van der Waals surface area contributed by atoms with E-state index in [1.54, 1.807) is 6.26 Å². The average Bonchev–Trinajstić information content (AvgIpc) is 3.19. The van der Waals surface area contributed by atoms with E-state index < -0.39 is 13.9 Å². The quantitative estimate of drug-likeness (QED) is 0.0198. The van der Waals surface area contributed by atoms with Crippen molar-refractivity contribution in [1.82, 2.24) is 0 Å². The van der Waals surface area contributed by atoms with E-state index in [1.165, 1.54) is 199 Å². The van der Waals surface area contributed by atoms with Crippen LogP contribution in [0.25, 0.3) is 0 Å². The Labute approximate surface area is 367 Å². The van der Waals surface area contributed by atoms with E-state index in [-0.39, 0.29) is 25.8 Å². The minimum Gasteiger partial charge on any atom is -0.756 e. The van der Waals surface area contributed by atoms with Gasteiger partial charge in [-0.25, -0.2) is 0 Å². The minimum atomic E-state index is -4.54. The summed E-state index contributed by atoms with van der Waals surface area (Å²) >= 11 is 0. The Morgan fingerprint density at radius 2 is 0.881 bits per heavy atom. The van der Waals surface area contributed by atoms with Crippen LogP contribution in [-0.2, 0) is 27.9 Å². The number of quaternary nitrogens is 1. The van der Waals surface area contributed by atoms with Gasteiger partial charge < -0.3 is 27.9 Å². The van der Waals surface area contributed by atoms with Crippen LogP contribution in [0.2, 0.25) is 0 Å². The first-order chi connectivity index (χ1) is 28.6. The number of nitrogens with zero attached hydrogens (tertiary/aromatic N) is 1. The summed E-state index contributed by atoms with van der Waals surface area (Å²) in [5.74, 6) is -0.349. The Morgan fingerprint density at radius 1 is 0.525 bits per heavy atom. The highest BCUT2D eigenvalue weighted by Gasteiger charge is 2.20. The van der Waals surface area contributed by atoms with Crippen molar-refractivity contribution in [3.63, 3.8) is 0 Å². The molecular weight excluding hydrogens is 758 g/mol. The van der Waals surface area contributed by atoms with E-state index in [1.807, 2.05) is 27.2 Å². The topological polar surface area (TPSA) is 94.1 Å². The molecule has 0 aliphatic carbocycles. The molecule has 0 spiro atoms. The maximum Gasteiger partial charge on any atom is 0.306 e. The Hall–Kier alpha value is -0.920. The molecule has 0 bridgehead atoms. The summed E-state index contributed by atoms with van der Waals surface area (Å²) in [5, 5.41) is 0. The van der Waals surface area contributed by atoms with Crippen molar-refractivity contribution in [3.05, 3.63) is 12.3 Å². The zero-order chi connectivity index (χ0) is 43.4. The first kappa shape index (κ1) is 58.1. The first-order valence-corrected chi connectivity index (χ1v) is 26.9. The number of carbonyl (C=O) groups is 1. The molecule has 0 radical (unpaired) electrons. The van der Waals surface area contributed by atoms with Crippen molar-refractivity contribution < 1.29 is 37.3 Å². The zero-order valence-electron chi connectivity index (χ0n) is 40.0. The third kappa shape index (κ3) is 48.0. The summed E-state index contributed by atoms with van der Waals surface area (Å²) in [5.41, 5.74) is 0. The number of rotatable bonds is 48. The second kappa shape index (κ2) is 43.7. The smallest absolute Gasteiger partial charge is 0.306 e. The number of esters is 1. The van der Waals surface area contributed by atoms with Crippen LogP contribution in [0.15, 0.2) is 12.3 Å². The summed E-state index contributed by atoms with van der Waals surface area (Å²) in [6.07, 6.45) is 50.4. The van der Waals surface area contributed by atoms with E-state index in [9.17, 15) is 14.3 Å². The number of hydrogen-bond acceptors (Lipinski definition) is 7. The SMILES string of the molecule is CCCCCCCCCCCCCCCC/C=C/OC[C@H](COP(=O)([O-])OCC[N+](C)(C)C)OC(=O)CCCCCCCCCCCCCCCCCCCCCCC. The van der Waals surface area contributed by atoms with Crippen molar-refractivity contribution in [3.8, 4) is 0 Å². The van der Waals surface area contributed by atoms with Gasteiger partial charge >= 0.3 is 5.97 Å². The highest BCUT2D eigenvalue weighted by atomic mass is 31.2. The van der Waals surface area contributed by atoms with E-state index in [0.717, 1.165) is 32.1 Å². The molecule has 0 aliphatic rings. The Morgan fingerprint density at radius 3 is 1.25 bits per heavy atom. The van der Waals surface area contributed by atoms with Gasteiger partial charge in [0.15, 0.2) is 6.10 Å². The minimum absolute atomic E-state index is 0.0205. The number of phosphoric ester groups is 1. The van der Waals surface area contributed by atoms with Crippen LogP contribution in [0, 0.1) is 0 Å². The molecule has 0 fully saturated rings. The average molecular weight is 858 g/mol. The molecule has 9 heteroatoms. The second-order valence-corrected chi connectivity index (χ2v) is 20.0. The third-order valence-corrected chi connectivity index (χ3v) is 12.4. The predicted octanol–water partition coefficient (Wildman–Crippen LogP) is 15.1. The highest BCUT2D eigenvalue weighted by Crippen LogP contribution is 2.38. The maximum atomic E-state index is 12.7. The standard InChI is InChI=1S/C50H100NO7P/c1-6-8-10-12-14-16-18-20-22-24-25-26-27-28-29-31-33-35-37-39-41-43-50(52)58-49(48-57-59(53,54)56-46-44-51(3,4)5)47-55-45-42-40-38-36-34-32-30-23-21-19-17-15-13-11-9-7-2/h42,45,49H,6-41,43-44,46-48H2,1-5H3/b45-42+/t49-/m1/s1. The molecule has 0 aliphatic heterocycles. The molecule has 0 rings (SSSR count). The molecule has 8 nitrogen and oxygen atoms in total. The molecule has 0 aromatic carbocycles. The van der Waals surface area contributed by atoms with E-state index in [0.29, 0.717) is 17.4 Å². The van der Waals surface area contributed by atoms with Gasteiger partial charge in [-0.1, -0.05) is 226 Å². The molecule has 59 heavy (non-hydrogen) atoms. The summed E-state index contributed by atoms with van der Waals surface area (Å²) in [7, 11) is 1.34. The molecule has 2 atom stereocenters. The van der Waals surface area contributed by atoms with Crippen LogP contribution in [-0.4, -0.2) is 64.1 Å². The Balaban J connectivity index is 4.13. The number of likely N-dealkylation sites (N-methyl/N-ethyl adjacent to an activating group) is 1. The van der Waals surface area contributed by atoms with Crippen molar-refractivity contribution in [2.24, 2.45) is 0 Å². The van der Waals surface area contributed by atoms with Crippen LogP contribution in [0.4, 0.5) is 0 Å². The van der Waals surface area contributed by atoms with Crippen molar-refractivity contribution >= 4 is 13.8 Å². The van der Waals surface area contributed by atoms with Gasteiger partial charge in [-0.05, 0) is 25.3 Å². The van der Waals surface area contributed by atoms with E-state index >= 15 is 0 Å². The van der Waals surface area contributed by atoms with Crippen LogP contribution >= 0.6 is 7.82 Å². The fraction of sp³-hybridized carbons (Fsp3) is 0.940. The predicted molar refractivity (Wildman–Crippen MR) is 250 cm³/mol. The lowest BCUT2D eigenvalue weighted by Gasteiger charge is -2.28. The summed E-state index contributed by atoms with van der Waals surface area (Å²) in [4.78, 5) is 25.1. The molecule has 0 N–H and O–H groups in total. The molecule has 0 saturated heterocycles. The fourth-order valence-electron chi connectivity index (χ4n) is 7.46. The van der Waals surface area contributed by atoms with Gasteiger partial charge in [0.25, 0.3) is 7.82 Å². The lowest BCUT2D eigenvalue weighted by Crippen LogP contribution is -2.37. The van der Waals surface area contributed by atoms with Gasteiger partial charge in [0.2, 0.25) is 0 Å². The summed E-state index contributed by atoms with van der Waals surface area (Å²) < 4.78 is 34.5. The summed E-state index contributed by atoms with van der Waals surface area (Å²) in [6, 6.07) is 0. The molecule has 0 aromatic rings. The maximum absolute atomic E-state index is 12.7. The third-order valence-electron chi connectivity index (χ3n) is 11.4. The monoisotopic (exact) mass is 858 g/mol. The van der Waals surface area contributed by atoms with Crippen molar-refractivity contribution in [2.75, 3.05) is 47.5 Å². The van der Waals surface area contributed by atoms with E-state index in [2.05, 4.69) is 13.8 Å². The Kier molecular flexibility index (Phi) is 43.0. The number of hydrogen-bond donors (Lipinski definition) is 0.